The topological polar surface area (TPSA) is 102 Å². The summed E-state index contributed by atoms with van der Waals surface area (Å²) >= 11 is 0. The average molecular weight is 513 g/mol. The zero-order chi connectivity index (χ0) is 26.3. The van der Waals surface area contributed by atoms with Crippen LogP contribution in [0.5, 0.6) is 11.5 Å². The monoisotopic (exact) mass is 512 g/mol. The van der Waals surface area contributed by atoms with Gasteiger partial charge in [-0.1, -0.05) is 48.5 Å². The molecule has 3 aromatic carbocycles. The molecule has 194 valence electrons. The molecular weight excluding hydrogens is 484 g/mol. The molecule has 8 heteroatoms. The summed E-state index contributed by atoms with van der Waals surface area (Å²) in [4.78, 5) is 30.3. The normalized spacial score (nSPS) is 16.8. The van der Waals surface area contributed by atoms with E-state index in [0.717, 1.165) is 16.9 Å². The number of aromatic nitrogens is 1. The second-order valence-corrected chi connectivity index (χ2v) is 9.24. The Labute approximate surface area is 220 Å². The molecule has 38 heavy (non-hydrogen) atoms. The van der Waals surface area contributed by atoms with Gasteiger partial charge in [-0.05, 0) is 54.3 Å². The molecule has 2 heterocycles. The number of aliphatic carboxylic acids is 1. The summed E-state index contributed by atoms with van der Waals surface area (Å²) in [5.74, 6) is 0.701. The Morgan fingerprint density at radius 3 is 2.34 bits per heavy atom. The molecule has 0 saturated carbocycles. The molecule has 4 aromatic rings. The molecule has 1 saturated heterocycles. The Hall–Kier alpha value is -4.59. The minimum absolute atomic E-state index is 0.125. The van der Waals surface area contributed by atoms with Gasteiger partial charge in [-0.3, -0.25) is 4.79 Å². The summed E-state index contributed by atoms with van der Waals surface area (Å²) in [6.45, 7) is 0.883. The molecule has 1 N–H and O–H groups in total. The molecule has 0 aliphatic carbocycles. The van der Waals surface area contributed by atoms with Crippen LogP contribution in [-0.4, -0.2) is 46.7 Å². The number of ether oxygens (including phenoxy) is 2. The van der Waals surface area contributed by atoms with Crippen molar-refractivity contribution in [3.63, 3.8) is 0 Å². The Bertz CT molecular complexity index is 1350. The van der Waals surface area contributed by atoms with E-state index in [1.54, 1.807) is 30.5 Å². The van der Waals surface area contributed by atoms with Crippen molar-refractivity contribution in [1.29, 1.82) is 0 Å². The molecule has 1 aliphatic rings. The number of carboxylic acid groups (broad SMARTS) is 1. The maximum absolute atomic E-state index is 12.6. The molecule has 2 atom stereocenters. The minimum atomic E-state index is -0.909. The van der Waals surface area contributed by atoms with Gasteiger partial charge < -0.3 is 23.9 Å². The van der Waals surface area contributed by atoms with E-state index < -0.39 is 18.0 Å². The molecule has 8 nitrogen and oxygen atoms in total. The molecule has 0 radical (unpaired) electrons. The van der Waals surface area contributed by atoms with E-state index in [4.69, 9.17) is 13.9 Å². The van der Waals surface area contributed by atoms with E-state index in [0.29, 0.717) is 43.4 Å². The summed E-state index contributed by atoms with van der Waals surface area (Å²) in [6, 6.07) is 26.1. The summed E-state index contributed by atoms with van der Waals surface area (Å²) in [7, 11) is 0. The second kappa shape index (κ2) is 11.6. The van der Waals surface area contributed by atoms with Crippen molar-refractivity contribution < 1.29 is 28.6 Å². The van der Waals surface area contributed by atoms with Crippen molar-refractivity contribution in [1.82, 2.24) is 9.88 Å². The molecule has 0 unspecified atom stereocenters. The number of nitrogens with zero attached hydrogens (tertiary/aromatic N) is 2. The first-order valence-corrected chi connectivity index (χ1v) is 12.5. The highest BCUT2D eigenvalue weighted by Gasteiger charge is 2.40. The first-order chi connectivity index (χ1) is 18.5. The van der Waals surface area contributed by atoms with E-state index in [9.17, 15) is 14.7 Å². The van der Waals surface area contributed by atoms with E-state index >= 15 is 0 Å². The van der Waals surface area contributed by atoms with Crippen LogP contribution in [0, 0.1) is 11.8 Å². The number of likely N-dealkylation sites (tertiary alicyclic amines) is 1. The molecule has 0 spiro atoms. The molecule has 0 bridgehead atoms. The van der Waals surface area contributed by atoms with Crippen molar-refractivity contribution in [3.05, 3.63) is 102 Å². The Balaban J connectivity index is 1.12. The SMILES string of the molecule is O=C(O)[C@H]1CN(C(=O)Oc2ccccc2)C[C@H]1Cc1ccc(OCCc2cnc(-c3ccccc3)o2)cc1. The number of carbonyl (C=O) groups excluding carboxylic acids is 1. The highest BCUT2D eigenvalue weighted by atomic mass is 16.6. The van der Waals surface area contributed by atoms with Gasteiger partial charge in [-0.25, -0.2) is 9.78 Å². The number of benzene rings is 3. The number of carbonyl (C=O) groups is 2. The molecule has 1 aromatic heterocycles. The smallest absolute Gasteiger partial charge is 0.415 e. The third kappa shape index (κ3) is 6.21. The lowest BCUT2D eigenvalue weighted by atomic mass is 9.90. The van der Waals surface area contributed by atoms with Gasteiger partial charge in [0.25, 0.3) is 0 Å². The van der Waals surface area contributed by atoms with Crippen molar-refractivity contribution in [3.8, 4) is 23.0 Å². The lowest BCUT2D eigenvalue weighted by Crippen LogP contribution is -2.32. The lowest BCUT2D eigenvalue weighted by molar-refractivity contribution is -0.142. The van der Waals surface area contributed by atoms with E-state index in [1.807, 2.05) is 60.7 Å². The maximum atomic E-state index is 12.6. The predicted octanol–water partition coefficient (Wildman–Crippen LogP) is 5.34. The summed E-state index contributed by atoms with van der Waals surface area (Å²) in [5.41, 5.74) is 1.91. The van der Waals surface area contributed by atoms with Gasteiger partial charge in [0.2, 0.25) is 5.89 Å². The summed E-state index contributed by atoms with van der Waals surface area (Å²) < 4.78 is 17.1. The van der Waals surface area contributed by atoms with Crippen LogP contribution in [0.3, 0.4) is 0 Å². The standard InChI is InChI=1S/C30H28N2O6/c33-29(34)27-20-32(30(35)38-25-9-5-2-6-10-25)19-23(27)17-21-11-13-24(14-12-21)36-16-15-26-18-31-28(37-26)22-7-3-1-4-8-22/h1-14,18,23,27H,15-17,19-20H2,(H,33,34)/t23-,27+/m1/s1. The van der Waals surface area contributed by atoms with Crippen molar-refractivity contribution >= 4 is 12.1 Å². The van der Waals surface area contributed by atoms with Crippen LogP contribution in [0.4, 0.5) is 4.79 Å². The zero-order valence-corrected chi connectivity index (χ0v) is 20.7. The number of hydrogen-bond acceptors (Lipinski definition) is 6. The third-order valence-electron chi connectivity index (χ3n) is 6.58. The third-order valence-corrected chi connectivity index (χ3v) is 6.58. The first kappa shape index (κ1) is 25.1. The molecule has 5 rings (SSSR count). The van der Waals surface area contributed by atoms with E-state index in [2.05, 4.69) is 4.98 Å². The number of hydrogen-bond donors (Lipinski definition) is 1. The van der Waals surface area contributed by atoms with Crippen LogP contribution in [0.15, 0.2) is 95.5 Å². The van der Waals surface area contributed by atoms with Gasteiger partial charge in [-0.2, -0.15) is 0 Å². The Morgan fingerprint density at radius 2 is 1.63 bits per heavy atom. The molecule has 1 amide bonds. The second-order valence-electron chi connectivity index (χ2n) is 9.24. The zero-order valence-electron chi connectivity index (χ0n) is 20.7. The highest BCUT2D eigenvalue weighted by molar-refractivity contribution is 5.75. The van der Waals surface area contributed by atoms with Crippen LogP contribution >= 0.6 is 0 Å². The van der Waals surface area contributed by atoms with Crippen molar-refractivity contribution in [2.75, 3.05) is 19.7 Å². The molecular formula is C30H28N2O6. The summed E-state index contributed by atoms with van der Waals surface area (Å²) in [5, 5.41) is 9.74. The van der Waals surface area contributed by atoms with Crippen molar-refractivity contribution in [2.24, 2.45) is 11.8 Å². The van der Waals surface area contributed by atoms with Gasteiger partial charge in [0.15, 0.2) is 0 Å². The molecule has 1 aliphatic heterocycles. The predicted molar refractivity (Wildman–Crippen MR) is 140 cm³/mol. The number of para-hydroxylation sites is 1. The largest absolute Gasteiger partial charge is 0.493 e. The van der Waals surface area contributed by atoms with E-state index in [1.165, 1.54) is 4.90 Å². The fraction of sp³-hybridized carbons (Fsp3) is 0.233. The van der Waals surface area contributed by atoms with Gasteiger partial charge in [0, 0.05) is 25.1 Å². The average Bonchev–Trinajstić information content (AvgIpc) is 3.59. The fourth-order valence-corrected chi connectivity index (χ4v) is 4.59. The van der Waals surface area contributed by atoms with Gasteiger partial charge in [0.1, 0.15) is 17.3 Å². The van der Waals surface area contributed by atoms with Crippen molar-refractivity contribution in [2.45, 2.75) is 12.8 Å². The summed E-state index contributed by atoms with van der Waals surface area (Å²) in [6.07, 6.45) is 2.30. The molecule has 1 fully saturated rings. The van der Waals surface area contributed by atoms with Crippen LogP contribution in [0.2, 0.25) is 0 Å². The minimum Gasteiger partial charge on any atom is -0.493 e. The quantitative estimate of drug-likeness (QED) is 0.323. The Kier molecular flexibility index (Phi) is 7.68. The van der Waals surface area contributed by atoms with Crippen LogP contribution in [-0.2, 0) is 17.6 Å². The highest BCUT2D eigenvalue weighted by Crippen LogP contribution is 2.29. The Morgan fingerprint density at radius 1 is 0.921 bits per heavy atom. The van der Waals surface area contributed by atoms with Crippen LogP contribution < -0.4 is 9.47 Å². The van der Waals surface area contributed by atoms with E-state index in [-0.39, 0.29) is 12.5 Å². The van der Waals surface area contributed by atoms with Gasteiger partial charge in [0.05, 0.1) is 18.7 Å². The number of amides is 1. The number of oxazole rings is 1. The van der Waals surface area contributed by atoms with Gasteiger partial charge in [-0.15, -0.1) is 0 Å². The van der Waals surface area contributed by atoms with Gasteiger partial charge >= 0.3 is 12.1 Å². The first-order valence-electron chi connectivity index (χ1n) is 12.5. The van der Waals surface area contributed by atoms with Crippen LogP contribution in [0.25, 0.3) is 11.5 Å². The number of rotatable bonds is 9. The lowest BCUT2D eigenvalue weighted by Gasteiger charge is -2.16. The number of carboxylic acids is 1. The fourth-order valence-electron chi connectivity index (χ4n) is 4.59. The maximum Gasteiger partial charge on any atom is 0.415 e. The van der Waals surface area contributed by atoms with Crippen LogP contribution in [0.1, 0.15) is 11.3 Å².